The maximum atomic E-state index is 12.1. The molecule has 2 rings (SSSR count). The van der Waals surface area contributed by atoms with Crippen LogP contribution in [-0.4, -0.2) is 30.2 Å². The number of anilines is 1. The number of hydrogen-bond acceptors (Lipinski definition) is 7. The molecule has 1 amide bonds. The molecule has 0 aliphatic carbocycles. The Hall–Kier alpha value is -3.05. The molecule has 8 heteroatoms. The van der Waals surface area contributed by atoms with E-state index >= 15 is 0 Å². The van der Waals surface area contributed by atoms with Crippen LogP contribution < -0.4 is 10.1 Å². The van der Waals surface area contributed by atoms with Gasteiger partial charge in [0.25, 0.3) is 5.91 Å². The van der Waals surface area contributed by atoms with E-state index in [0.717, 1.165) is 0 Å². The predicted molar refractivity (Wildman–Crippen MR) is 87.2 cm³/mol. The zero-order valence-corrected chi connectivity index (χ0v) is 13.7. The minimum atomic E-state index is -1.11. The largest absolute Gasteiger partial charge is 0.507 e. The van der Waals surface area contributed by atoms with Gasteiger partial charge in [-0.25, -0.2) is 4.79 Å². The molecule has 0 radical (unpaired) electrons. The minimum absolute atomic E-state index is 0.108. The number of phenols is 1. The second-order valence-electron chi connectivity index (χ2n) is 4.70. The Morgan fingerprint density at radius 3 is 2.79 bits per heavy atom. The lowest BCUT2D eigenvalue weighted by Gasteiger charge is -2.14. The lowest BCUT2D eigenvalue weighted by atomic mass is 10.2. The number of ether oxygens (including phenoxy) is 2. The summed E-state index contributed by atoms with van der Waals surface area (Å²) in [5.41, 5.74) is 0.222. The maximum absolute atomic E-state index is 12.1. The first kappa shape index (κ1) is 17.3. The van der Waals surface area contributed by atoms with Crippen molar-refractivity contribution in [2.24, 2.45) is 0 Å². The van der Waals surface area contributed by atoms with Crippen LogP contribution in [0.2, 0.25) is 0 Å². The molecule has 0 saturated carbocycles. The monoisotopic (exact) mass is 346 g/mol. The fourth-order valence-corrected chi connectivity index (χ4v) is 2.53. The van der Waals surface area contributed by atoms with Crippen molar-refractivity contribution in [3.63, 3.8) is 0 Å². The quantitative estimate of drug-likeness (QED) is 0.805. The molecule has 0 saturated heterocycles. The standard InChI is InChI=1S/C16H14N2O5S/c1-9(14(20)18-15-10(8-17)5-6-24-15)23-16(21)12-7-11(22-2)3-4-13(12)19/h3-7,9,19H,1-2H3,(H,18,20). The fraction of sp³-hybridized carbons (Fsp3) is 0.188. The molecule has 1 atom stereocenters. The first-order chi connectivity index (χ1) is 11.5. The van der Waals surface area contributed by atoms with E-state index in [4.69, 9.17) is 14.7 Å². The summed E-state index contributed by atoms with van der Waals surface area (Å²) in [5.74, 6) is -1.35. The molecule has 124 valence electrons. The van der Waals surface area contributed by atoms with Crippen LogP contribution in [0.4, 0.5) is 5.00 Å². The van der Waals surface area contributed by atoms with Gasteiger partial charge in [-0.15, -0.1) is 11.3 Å². The summed E-state index contributed by atoms with van der Waals surface area (Å²) in [6.45, 7) is 1.39. The van der Waals surface area contributed by atoms with Crippen LogP contribution in [0.15, 0.2) is 29.6 Å². The summed E-state index contributed by atoms with van der Waals surface area (Å²) in [6, 6.07) is 7.62. The van der Waals surface area contributed by atoms with E-state index in [-0.39, 0.29) is 11.3 Å². The highest BCUT2D eigenvalue weighted by Crippen LogP contribution is 2.25. The number of benzene rings is 1. The zero-order valence-electron chi connectivity index (χ0n) is 12.9. The number of nitrogens with zero attached hydrogens (tertiary/aromatic N) is 1. The number of aromatic hydroxyl groups is 1. The van der Waals surface area contributed by atoms with Crippen LogP contribution in [0.25, 0.3) is 0 Å². The normalized spacial score (nSPS) is 11.2. The van der Waals surface area contributed by atoms with Crippen LogP contribution >= 0.6 is 11.3 Å². The number of hydrogen-bond donors (Lipinski definition) is 2. The van der Waals surface area contributed by atoms with Crippen molar-refractivity contribution in [3.8, 4) is 17.6 Å². The number of amides is 1. The second kappa shape index (κ2) is 7.48. The Kier molecular flexibility index (Phi) is 5.39. The first-order valence-corrected chi connectivity index (χ1v) is 7.70. The maximum Gasteiger partial charge on any atom is 0.342 e. The van der Waals surface area contributed by atoms with Gasteiger partial charge in [-0.1, -0.05) is 0 Å². The molecule has 24 heavy (non-hydrogen) atoms. The average molecular weight is 346 g/mol. The number of rotatable bonds is 5. The number of nitrogens with one attached hydrogen (secondary N) is 1. The van der Waals surface area contributed by atoms with Crippen molar-refractivity contribution in [2.75, 3.05) is 12.4 Å². The molecule has 1 aromatic carbocycles. The Morgan fingerprint density at radius 1 is 1.38 bits per heavy atom. The van der Waals surface area contributed by atoms with E-state index in [1.54, 1.807) is 11.4 Å². The van der Waals surface area contributed by atoms with Gasteiger partial charge in [0.15, 0.2) is 6.10 Å². The smallest absolute Gasteiger partial charge is 0.342 e. The van der Waals surface area contributed by atoms with E-state index in [1.165, 1.54) is 43.6 Å². The average Bonchev–Trinajstić information content (AvgIpc) is 3.02. The molecule has 0 aliphatic rings. The predicted octanol–water partition coefficient (Wildman–Crippen LogP) is 2.52. The van der Waals surface area contributed by atoms with Crippen molar-refractivity contribution < 1.29 is 24.2 Å². The van der Waals surface area contributed by atoms with Gasteiger partial charge in [-0.2, -0.15) is 5.26 Å². The van der Waals surface area contributed by atoms with Crippen LogP contribution in [0.1, 0.15) is 22.8 Å². The number of methoxy groups -OCH3 is 1. The molecular formula is C16H14N2O5S. The van der Waals surface area contributed by atoms with Crippen LogP contribution in [0.3, 0.4) is 0 Å². The van der Waals surface area contributed by atoms with Gasteiger partial charge in [0, 0.05) is 0 Å². The van der Waals surface area contributed by atoms with Gasteiger partial charge in [-0.05, 0) is 36.6 Å². The van der Waals surface area contributed by atoms with Crippen LogP contribution in [0.5, 0.6) is 11.5 Å². The van der Waals surface area contributed by atoms with E-state index in [9.17, 15) is 14.7 Å². The Balaban J connectivity index is 2.06. The van der Waals surface area contributed by atoms with Gasteiger partial charge in [0.1, 0.15) is 28.1 Å². The molecular weight excluding hydrogens is 332 g/mol. The number of nitriles is 1. The molecule has 1 heterocycles. The summed E-state index contributed by atoms with van der Waals surface area (Å²) < 4.78 is 10.0. The molecule has 7 nitrogen and oxygen atoms in total. The topological polar surface area (TPSA) is 109 Å². The highest BCUT2D eigenvalue weighted by atomic mass is 32.1. The van der Waals surface area contributed by atoms with Gasteiger partial charge < -0.3 is 19.9 Å². The summed E-state index contributed by atoms with van der Waals surface area (Å²) in [7, 11) is 1.42. The molecule has 2 aromatic rings. The van der Waals surface area contributed by atoms with E-state index in [0.29, 0.717) is 16.3 Å². The lowest BCUT2D eigenvalue weighted by Crippen LogP contribution is -2.30. The van der Waals surface area contributed by atoms with Crippen LogP contribution in [0, 0.1) is 11.3 Å². The fourth-order valence-electron chi connectivity index (χ4n) is 1.79. The van der Waals surface area contributed by atoms with Crippen molar-refractivity contribution in [2.45, 2.75) is 13.0 Å². The third-order valence-electron chi connectivity index (χ3n) is 3.10. The summed E-state index contributed by atoms with van der Waals surface area (Å²) in [6.07, 6.45) is -1.11. The lowest BCUT2D eigenvalue weighted by molar-refractivity contribution is -0.123. The number of thiophene rings is 1. The number of phenolic OH excluding ortho intramolecular Hbond substituents is 1. The van der Waals surface area contributed by atoms with Gasteiger partial charge >= 0.3 is 5.97 Å². The summed E-state index contributed by atoms with van der Waals surface area (Å²) in [4.78, 5) is 24.2. The third kappa shape index (κ3) is 3.83. The molecule has 0 bridgehead atoms. The Labute approximate surface area is 142 Å². The van der Waals surface area contributed by atoms with Crippen molar-refractivity contribution in [1.29, 1.82) is 5.26 Å². The third-order valence-corrected chi connectivity index (χ3v) is 3.93. The molecule has 2 N–H and O–H groups in total. The zero-order chi connectivity index (χ0) is 17.7. The number of esters is 1. The van der Waals surface area contributed by atoms with Crippen molar-refractivity contribution in [1.82, 2.24) is 0 Å². The van der Waals surface area contributed by atoms with Crippen LogP contribution in [-0.2, 0) is 9.53 Å². The second-order valence-corrected chi connectivity index (χ2v) is 5.61. The first-order valence-electron chi connectivity index (χ1n) is 6.82. The minimum Gasteiger partial charge on any atom is -0.507 e. The van der Waals surface area contributed by atoms with Crippen molar-refractivity contribution >= 4 is 28.2 Å². The van der Waals surface area contributed by atoms with E-state index in [2.05, 4.69) is 5.32 Å². The van der Waals surface area contributed by atoms with Gasteiger partial charge in [0.05, 0.1) is 12.7 Å². The SMILES string of the molecule is COc1ccc(O)c(C(=O)OC(C)C(=O)Nc2sccc2C#N)c1. The Bertz CT molecular complexity index is 809. The molecule has 0 aliphatic heterocycles. The Morgan fingerprint density at radius 2 is 2.12 bits per heavy atom. The highest BCUT2D eigenvalue weighted by Gasteiger charge is 2.22. The summed E-state index contributed by atoms with van der Waals surface area (Å²) >= 11 is 1.19. The summed E-state index contributed by atoms with van der Waals surface area (Å²) in [5, 5.41) is 23.2. The van der Waals surface area contributed by atoms with E-state index in [1.807, 2.05) is 6.07 Å². The molecule has 0 fully saturated rings. The number of carbonyl (C=O) groups excluding carboxylic acids is 2. The van der Waals surface area contributed by atoms with Gasteiger partial charge in [0.2, 0.25) is 0 Å². The van der Waals surface area contributed by atoms with E-state index < -0.39 is 18.0 Å². The number of carbonyl (C=O) groups is 2. The van der Waals surface area contributed by atoms with Crippen molar-refractivity contribution in [3.05, 3.63) is 40.8 Å². The molecule has 1 unspecified atom stereocenters. The highest BCUT2D eigenvalue weighted by molar-refractivity contribution is 7.14. The van der Waals surface area contributed by atoms with Gasteiger partial charge in [-0.3, -0.25) is 4.79 Å². The molecule has 1 aromatic heterocycles. The molecule has 0 spiro atoms.